The Kier molecular flexibility index (Phi) is 6.41. The van der Waals surface area contributed by atoms with E-state index in [1.165, 1.54) is 0 Å². The summed E-state index contributed by atoms with van der Waals surface area (Å²) in [6.07, 6.45) is 0.333. The molecule has 2 N–H and O–H groups in total. The number of hydrogen-bond donors (Lipinski definition) is 2. The van der Waals surface area contributed by atoms with E-state index < -0.39 is 0 Å². The van der Waals surface area contributed by atoms with Crippen LogP contribution in [0.5, 0.6) is 5.75 Å². The minimum Gasteiger partial charge on any atom is -0.497 e. The summed E-state index contributed by atoms with van der Waals surface area (Å²) >= 11 is 0. The van der Waals surface area contributed by atoms with E-state index in [4.69, 9.17) is 10.00 Å². The molecule has 0 aliphatic heterocycles. The zero-order valence-corrected chi connectivity index (χ0v) is 11.3. The lowest BCUT2D eigenvalue weighted by atomic mass is 10.1. The number of nitrogens with one attached hydrogen (secondary N) is 2. The van der Waals surface area contributed by atoms with Gasteiger partial charge in [-0.1, -0.05) is 12.1 Å². The fraction of sp³-hybridized carbons (Fsp3) is 0.429. The molecule has 0 heterocycles. The van der Waals surface area contributed by atoms with E-state index in [0.717, 1.165) is 11.3 Å². The van der Waals surface area contributed by atoms with Crippen LogP contribution in [0.2, 0.25) is 0 Å². The molecule has 0 aliphatic carbocycles. The van der Waals surface area contributed by atoms with Gasteiger partial charge in [0.25, 0.3) is 0 Å². The number of methoxy groups -OCH3 is 1. The Hall–Kier alpha value is -2.06. The number of amides is 1. The van der Waals surface area contributed by atoms with Gasteiger partial charge in [-0.15, -0.1) is 0 Å². The summed E-state index contributed by atoms with van der Waals surface area (Å²) in [5.74, 6) is 0.709. The lowest BCUT2D eigenvalue weighted by molar-refractivity contribution is -0.120. The number of ether oxygens (including phenoxy) is 1. The Morgan fingerprint density at radius 2 is 2.11 bits per heavy atom. The van der Waals surface area contributed by atoms with Crippen molar-refractivity contribution in [2.24, 2.45) is 0 Å². The molecule has 102 valence electrons. The molecule has 1 unspecified atom stereocenters. The summed E-state index contributed by atoms with van der Waals surface area (Å²) in [4.78, 5) is 11.5. The van der Waals surface area contributed by atoms with E-state index in [1.807, 2.05) is 37.3 Å². The van der Waals surface area contributed by atoms with Gasteiger partial charge >= 0.3 is 0 Å². The van der Waals surface area contributed by atoms with Gasteiger partial charge in [-0.25, -0.2) is 0 Å². The largest absolute Gasteiger partial charge is 0.497 e. The van der Waals surface area contributed by atoms with Crippen molar-refractivity contribution < 1.29 is 9.53 Å². The van der Waals surface area contributed by atoms with Crippen LogP contribution in [0.3, 0.4) is 0 Å². The Labute approximate surface area is 113 Å². The summed E-state index contributed by atoms with van der Waals surface area (Å²) < 4.78 is 5.09. The molecule has 1 rings (SSSR count). The molecule has 19 heavy (non-hydrogen) atoms. The predicted octanol–water partition coefficient (Wildman–Crippen LogP) is 1.38. The van der Waals surface area contributed by atoms with Crippen molar-refractivity contribution in [2.45, 2.75) is 19.4 Å². The van der Waals surface area contributed by atoms with E-state index in [-0.39, 0.29) is 18.5 Å². The Morgan fingerprint density at radius 3 is 2.68 bits per heavy atom. The molecule has 0 radical (unpaired) electrons. The molecule has 0 saturated heterocycles. The first-order valence-corrected chi connectivity index (χ1v) is 6.18. The van der Waals surface area contributed by atoms with Gasteiger partial charge < -0.3 is 15.4 Å². The molecule has 1 amide bonds. The zero-order chi connectivity index (χ0) is 14.1. The third-order valence-electron chi connectivity index (χ3n) is 2.74. The smallest absolute Gasteiger partial charge is 0.234 e. The second-order valence-electron chi connectivity index (χ2n) is 4.13. The summed E-state index contributed by atoms with van der Waals surface area (Å²) in [5, 5.41) is 14.2. The first-order chi connectivity index (χ1) is 9.17. The second kappa shape index (κ2) is 8.11. The summed E-state index contributed by atoms with van der Waals surface area (Å²) in [6, 6.07) is 9.76. The number of benzene rings is 1. The fourth-order valence-corrected chi connectivity index (χ4v) is 1.58. The minimum atomic E-state index is -0.101. The van der Waals surface area contributed by atoms with Gasteiger partial charge in [-0.05, 0) is 24.6 Å². The van der Waals surface area contributed by atoms with Gasteiger partial charge in [0.2, 0.25) is 5.91 Å². The van der Waals surface area contributed by atoms with E-state index in [2.05, 4.69) is 10.6 Å². The number of nitrogens with zero attached hydrogens (tertiary/aromatic N) is 1. The highest BCUT2D eigenvalue weighted by molar-refractivity contribution is 5.78. The standard InChI is InChI=1S/C14H19N3O2/c1-11(12-4-6-13(19-2)7-5-12)17-10-14(18)16-9-3-8-15/h4-7,11,17H,3,9-10H2,1-2H3,(H,16,18). The Morgan fingerprint density at radius 1 is 1.42 bits per heavy atom. The molecular weight excluding hydrogens is 242 g/mol. The lowest BCUT2D eigenvalue weighted by Gasteiger charge is -2.14. The monoisotopic (exact) mass is 261 g/mol. The highest BCUT2D eigenvalue weighted by Gasteiger charge is 2.07. The molecule has 1 aromatic rings. The van der Waals surface area contributed by atoms with Crippen molar-refractivity contribution in [1.29, 1.82) is 5.26 Å². The van der Waals surface area contributed by atoms with Crippen LogP contribution in [-0.4, -0.2) is 26.1 Å². The van der Waals surface area contributed by atoms with Crippen molar-refractivity contribution in [2.75, 3.05) is 20.2 Å². The third kappa shape index (κ3) is 5.40. The van der Waals surface area contributed by atoms with Crippen LogP contribution in [0.1, 0.15) is 24.9 Å². The summed E-state index contributed by atoms with van der Waals surface area (Å²) in [6.45, 7) is 2.62. The average Bonchev–Trinajstić information content (AvgIpc) is 2.45. The third-order valence-corrected chi connectivity index (χ3v) is 2.74. The van der Waals surface area contributed by atoms with Crippen molar-refractivity contribution >= 4 is 5.91 Å². The molecule has 0 saturated carbocycles. The van der Waals surface area contributed by atoms with E-state index in [1.54, 1.807) is 7.11 Å². The molecule has 0 bridgehead atoms. The maximum Gasteiger partial charge on any atom is 0.234 e. The zero-order valence-electron chi connectivity index (χ0n) is 11.3. The molecular formula is C14H19N3O2. The van der Waals surface area contributed by atoms with Gasteiger partial charge in [0.05, 0.1) is 26.1 Å². The number of hydrogen-bond acceptors (Lipinski definition) is 4. The van der Waals surface area contributed by atoms with Crippen LogP contribution >= 0.6 is 0 Å². The minimum absolute atomic E-state index is 0.0765. The predicted molar refractivity (Wildman–Crippen MR) is 72.7 cm³/mol. The normalized spacial score (nSPS) is 11.4. The summed E-state index contributed by atoms with van der Waals surface area (Å²) in [5.41, 5.74) is 1.09. The number of carbonyl (C=O) groups is 1. The highest BCUT2D eigenvalue weighted by atomic mass is 16.5. The van der Waals surface area contributed by atoms with Gasteiger partial charge in [0.15, 0.2) is 0 Å². The van der Waals surface area contributed by atoms with E-state index in [9.17, 15) is 4.79 Å². The van der Waals surface area contributed by atoms with Crippen molar-refractivity contribution in [3.05, 3.63) is 29.8 Å². The van der Waals surface area contributed by atoms with Crippen LogP contribution in [0.4, 0.5) is 0 Å². The quantitative estimate of drug-likeness (QED) is 0.727. The van der Waals surface area contributed by atoms with Crippen molar-refractivity contribution in [1.82, 2.24) is 10.6 Å². The maximum absolute atomic E-state index is 11.5. The molecule has 0 aliphatic rings. The molecule has 5 heteroatoms. The van der Waals surface area contributed by atoms with Gasteiger partial charge in [0.1, 0.15) is 5.75 Å². The number of rotatable bonds is 7. The maximum atomic E-state index is 11.5. The summed E-state index contributed by atoms with van der Waals surface area (Å²) in [7, 11) is 1.63. The van der Waals surface area contributed by atoms with E-state index >= 15 is 0 Å². The van der Waals surface area contributed by atoms with Crippen molar-refractivity contribution in [3.8, 4) is 11.8 Å². The molecule has 1 atom stereocenters. The Bertz CT molecular complexity index is 437. The van der Waals surface area contributed by atoms with Crippen LogP contribution in [0.25, 0.3) is 0 Å². The Balaban J connectivity index is 2.35. The van der Waals surface area contributed by atoms with Gasteiger partial charge in [0, 0.05) is 12.6 Å². The molecule has 5 nitrogen and oxygen atoms in total. The fourth-order valence-electron chi connectivity index (χ4n) is 1.58. The number of carbonyl (C=O) groups excluding carboxylic acids is 1. The van der Waals surface area contributed by atoms with Crippen LogP contribution in [0, 0.1) is 11.3 Å². The lowest BCUT2D eigenvalue weighted by Crippen LogP contribution is -2.35. The first kappa shape index (κ1) is 15.0. The molecule has 1 aromatic carbocycles. The topological polar surface area (TPSA) is 74.2 Å². The second-order valence-corrected chi connectivity index (χ2v) is 4.13. The SMILES string of the molecule is COc1ccc(C(C)NCC(=O)NCCC#N)cc1. The van der Waals surface area contributed by atoms with Crippen LogP contribution in [0.15, 0.2) is 24.3 Å². The van der Waals surface area contributed by atoms with Gasteiger partial charge in [-0.3, -0.25) is 4.79 Å². The van der Waals surface area contributed by atoms with Crippen LogP contribution in [-0.2, 0) is 4.79 Å². The first-order valence-electron chi connectivity index (χ1n) is 6.18. The van der Waals surface area contributed by atoms with E-state index in [0.29, 0.717) is 13.0 Å². The molecule has 0 aromatic heterocycles. The number of nitriles is 1. The highest BCUT2D eigenvalue weighted by Crippen LogP contribution is 2.16. The van der Waals surface area contributed by atoms with Gasteiger partial charge in [-0.2, -0.15) is 5.26 Å². The van der Waals surface area contributed by atoms with Crippen molar-refractivity contribution in [3.63, 3.8) is 0 Å². The van der Waals surface area contributed by atoms with Crippen LogP contribution < -0.4 is 15.4 Å². The molecule has 0 fully saturated rings. The molecule has 0 spiro atoms. The average molecular weight is 261 g/mol.